The van der Waals surface area contributed by atoms with Gasteiger partial charge in [0.05, 0.1) is 19.8 Å². The summed E-state index contributed by atoms with van der Waals surface area (Å²) in [6.45, 7) is 0. The quantitative estimate of drug-likeness (QED) is 0.879. The first kappa shape index (κ1) is 14.7. The zero-order valence-corrected chi connectivity index (χ0v) is 12.0. The Hall–Kier alpha value is -1.75. The van der Waals surface area contributed by atoms with E-state index in [0.717, 1.165) is 25.7 Å². The van der Waals surface area contributed by atoms with Crippen LogP contribution in [0.1, 0.15) is 36.0 Å². The minimum absolute atomic E-state index is 0.0318. The maximum atomic E-state index is 12.4. The summed E-state index contributed by atoms with van der Waals surface area (Å²) in [6.07, 6.45) is 4.13. The number of nitrogens with one attached hydrogen (secondary N) is 1. The van der Waals surface area contributed by atoms with Crippen molar-refractivity contribution < 1.29 is 14.3 Å². The van der Waals surface area contributed by atoms with Crippen molar-refractivity contribution in [2.24, 2.45) is 5.73 Å². The first-order valence-electron chi connectivity index (χ1n) is 6.94. The third-order valence-corrected chi connectivity index (χ3v) is 3.79. The number of nitrogens with two attached hydrogens (primary N) is 1. The summed E-state index contributed by atoms with van der Waals surface area (Å²) in [5.74, 6) is 1.000. The van der Waals surface area contributed by atoms with Crippen molar-refractivity contribution in [1.82, 2.24) is 5.32 Å². The first-order chi connectivity index (χ1) is 9.65. The van der Waals surface area contributed by atoms with Crippen molar-refractivity contribution in [1.29, 1.82) is 0 Å². The van der Waals surface area contributed by atoms with Crippen LogP contribution < -0.4 is 20.5 Å². The van der Waals surface area contributed by atoms with E-state index in [0.29, 0.717) is 17.1 Å². The van der Waals surface area contributed by atoms with Crippen LogP contribution in [-0.2, 0) is 0 Å². The van der Waals surface area contributed by atoms with E-state index >= 15 is 0 Å². The van der Waals surface area contributed by atoms with Gasteiger partial charge in [0.2, 0.25) is 0 Å². The molecule has 1 aliphatic rings. The van der Waals surface area contributed by atoms with E-state index in [2.05, 4.69) is 5.32 Å². The van der Waals surface area contributed by atoms with Crippen LogP contribution in [0.2, 0.25) is 0 Å². The molecule has 2 atom stereocenters. The molecule has 0 bridgehead atoms. The zero-order valence-electron chi connectivity index (χ0n) is 12.0. The molecule has 3 N–H and O–H groups in total. The number of benzene rings is 1. The average Bonchev–Trinajstić information content (AvgIpc) is 2.48. The summed E-state index contributed by atoms with van der Waals surface area (Å²) in [4.78, 5) is 12.4. The van der Waals surface area contributed by atoms with Crippen LogP contribution in [0, 0.1) is 0 Å². The van der Waals surface area contributed by atoms with Crippen molar-refractivity contribution in [3.05, 3.63) is 23.8 Å². The van der Waals surface area contributed by atoms with Crippen LogP contribution >= 0.6 is 0 Å². The van der Waals surface area contributed by atoms with E-state index in [1.165, 1.54) is 0 Å². The molecule has 1 fully saturated rings. The van der Waals surface area contributed by atoms with E-state index in [1.807, 2.05) is 0 Å². The van der Waals surface area contributed by atoms with Gasteiger partial charge in [0.1, 0.15) is 11.5 Å². The molecule has 0 saturated heterocycles. The summed E-state index contributed by atoms with van der Waals surface area (Å²) >= 11 is 0. The second-order valence-electron chi connectivity index (χ2n) is 5.09. The molecule has 0 aliphatic heterocycles. The van der Waals surface area contributed by atoms with Gasteiger partial charge in [0.25, 0.3) is 5.91 Å². The van der Waals surface area contributed by atoms with Gasteiger partial charge in [-0.2, -0.15) is 0 Å². The van der Waals surface area contributed by atoms with Gasteiger partial charge in [-0.3, -0.25) is 4.79 Å². The van der Waals surface area contributed by atoms with Crippen molar-refractivity contribution in [2.75, 3.05) is 14.2 Å². The van der Waals surface area contributed by atoms with Crippen LogP contribution in [-0.4, -0.2) is 32.2 Å². The molecule has 1 aromatic carbocycles. The molecule has 5 heteroatoms. The molecule has 110 valence electrons. The van der Waals surface area contributed by atoms with Gasteiger partial charge in [-0.15, -0.1) is 0 Å². The Morgan fingerprint density at radius 2 is 2.00 bits per heavy atom. The number of carbonyl (C=O) groups excluding carboxylic acids is 1. The number of methoxy groups -OCH3 is 2. The number of hydrogen-bond donors (Lipinski definition) is 2. The monoisotopic (exact) mass is 278 g/mol. The molecule has 0 aromatic heterocycles. The van der Waals surface area contributed by atoms with Crippen LogP contribution in [0.5, 0.6) is 11.5 Å². The van der Waals surface area contributed by atoms with Gasteiger partial charge >= 0.3 is 0 Å². The lowest BCUT2D eigenvalue weighted by atomic mass is 9.91. The number of rotatable bonds is 4. The Bertz CT molecular complexity index is 476. The van der Waals surface area contributed by atoms with Gasteiger partial charge in [0.15, 0.2) is 0 Å². The third kappa shape index (κ3) is 3.22. The maximum absolute atomic E-state index is 12.4. The molecular weight excluding hydrogens is 256 g/mol. The third-order valence-electron chi connectivity index (χ3n) is 3.79. The SMILES string of the molecule is COc1ccc(OC)c(C(=O)NC2CCCCC2N)c1. The van der Waals surface area contributed by atoms with Crippen LogP contribution in [0.4, 0.5) is 0 Å². The standard InChI is InChI=1S/C15H22N2O3/c1-19-10-7-8-14(20-2)11(9-10)15(18)17-13-6-4-3-5-12(13)16/h7-9,12-13H,3-6,16H2,1-2H3,(H,17,18). The van der Waals surface area contributed by atoms with E-state index in [4.69, 9.17) is 15.2 Å². The van der Waals surface area contributed by atoms with Crippen molar-refractivity contribution in [2.45, 2.75) is 37.8 Å². The minimum Gasteiger partial charge on any atom is -0.497 e. The number of carbonyl (C=O) groups is 1. The lowest BCUT2D eigenvalue weighted by molar-refractivity contribution is 0.0918. The number of hydrogen-bond acceptors (Lipinski definition) is 4. The Morgan fingerprint density at radius 3 is 2.65 bits per heavy atom. The Balaban J connectivity index is 2.15. The highest BCUT2D eigenvalue weighted by Crippen LogP contribution is 2.25. The Labute approximate surface area is 119 Å². The van der Waals surface area contributed by atoms with E-state index in [-0.39, 0.29) is 18.0 Å². The molecular formula is C15H22N2O3. The smallest absolute Gasteiger partial charge is 0.255 e. The molecule has 0 spiro atoms. The predicted molar refractivity (Wildman–Crippen MR) is 77.2 cm³/mol. The lowest BCUT2D eigenvalue weighted by Crippen LogP contribution is -2.49. The average molecular weight is 278 g/mol. The Kier molecular flexibility index (Phi) is 4.84. The molecule has 1 saturated carbocycles. The minimum atomic E-state index is -0.164. The summed E-state index contributed by atoms with van der Waals surface area (Å²) in [5.41, 5.74) is 6.54. The van der Waals surface area contributed by atoms with E-state index in [1.54, 1.807) is 32.4 Å². The largest absolute Gasteiger partial charge is 0.497 e. The molecule has 2 unspecified atom stereocenters. The van der Waals surface area contributed by atoms with E-state index in [9.17, 15) is 4.79 Å². The van der Waals surface area contributed by atoms with Crippen molar-refractivity contribution >= 4 is 5.91 Å². The zero-order chi connectivity index (χ0) is 14.5. The fraction of sp³-hybridized carbons (Fsp3) is 0.533. The van der Waals surface area contributed by atoms with Gasteiger partial charge in [-0.1, -0.05) is 12.8 Å². The highest BCUT2D eigenvalue weighted by atomic mass is 16.5. The van der Waals surface area contributed by atoms with E-state index < -0.39 is 0 Å². The summed E-state index contributed by atoms with van der Waals surface area (Å²) in [5, 5.41) is 3.01. The van der Waals surface area contributed by atoms with Gasteiger partial charge in [0, 0.05) is 12.1 Å². The fourth-order valence-electron chi connectivity index (χ4n) is 2.58. The Morgan fingerprint density at radius 1 is 1.25 bits per heavy atom. The van der Waals surface area contributed by atoms with Crippen LogP contribution in [0.25, 0.3) is 0 Å². The maximum Gasteiger partial charge on any atom is 0.255 e. The van der Waals surface area contributed by atoms with Crippen LogP contribution in [0.15, 0.2) is 18.2 Å². The highest BCUT2D eigenvalue weighted by molar-refractivity contribution is 5.97. The molecule has 0 radical (unpaired) electrons. The molecule has 1 amide bonds. The molecule has 20 heavy (non-hydrogen) atoms. The predicted octanol–water partition coefficient (Wildman–Crippen LogP) is 1.70. The lowest BCUT2D eigenvalue weighted by Gasteiger charge is -2.29. The normalized spacial score (nSPS) is 22.1. The van der Waals surface area contributed by atoms with Gasteiger partial charge < -0.3 is 20.5 Å². The fourth-order valence-corrected chi connectivity index (χ4v) is 2.58. The van der Waals surface area contributed by atoms with Crippen molar-refractivity contribution in [3.8, 4) is 11.5 Å². The second kappa shape index (κ2) is 6.61. The molecule has 5 nitrogen and oxygen atoms in total. The van der Waals surface area contributed by atoms with Gasteiger partial charge in [-0.25, -0.2) is 0 Å². The van der Waals surface area contributed by atoms with Crippen molar-refractivity contribution in [3.63, 3.8) is 0 Å². The second-order valence-corrected chi connectivity index (χ2v) is 5.09. The first-order valence-corrected chi connectivity index (χ1v) is 6.94. The number of ether oxygens (including phenoxy) is 2. The topological polar surface area (TPSA) is 73.6 Å². The van der Waals surface area contributed by atoms with Crippen LogP contribution in [0.3, 0.4) is 0 Å². The molecule has 0 heterocycles. The number of amides is 1. The highest BCUT2D eigenvalue weighted by Gasteiger charge is 2.25. The summed E-state index contributed by atoms with van der Waals surface area (Å²) in [7, 11) is 3.12. The molecule has 2 rings (SSSR count). The molecule has 1 aromatic rings. The van der Waals surface area contributed by atoms with Gasteiger partial charge in [-0.05, 0) is 31.0 Å². The summed E-state index contributed by atoms with van der Waals surface area (Å²) in [6, 6.07) is 5.25. The molecule has 1 aliphatic carbocycles. The summed E-state index contributed by atoms with van der Waals surface area (Å²) < 4.78 is 10.4.